The molecule has 20 heavy (non-hydrogen) atoms. The van der Waals surface area contributed by atoms with E-state index >= 15 is 0 Å². The second-order valence-electron chi connectivity index (χ2n) is 4.81. The molecule has 0 fully saturated rings. The lowest BCUT2D eigenvalue weighted by molar-refractivity contribution is 0.432. The van der Waals surface area contributed by atoms with Gasteiger partial charge in [-0.1, -0.05) is 23.4 Å². The van der Waals surface area contributed by atoms with Crippen LogP contribution in [0.15, 0.2) is 47.0 Å². The molecular formula is C16H15N3O. The molecule has 0 amide bonds. The summed E-state index contributed by atoms with van der Waals surface area (Å²) in [6.07, 6.45) is 0. The number of nitrogen functional groups attached to an aromatic ring is 1. The van der Waals surface area contributed by atoms with Crippen LogP contribution in [0.5, 0.6) is 0 Å². The zero-order valence-corrected chi connectivity index (χ0v) is 11.4. The lowest BCUT2D eigenvalue weighted by Gasteiger charge is -2.00. The van der Waals surface area contributed by atoms with E-state index in [1.54, 1.807) is 0 Å². The molecule has 0 aliphatic heterocycles. The van der Waals surface area contributed by atoms with Crippen LogP contribution in [0, 0.1) is 13.8 Å². The Bertz CT molecular complexity index is 762. The van der Waals surface area contributed by atoms with Gasteiger partial charge < -0.3 is 10.3 Å². The van der Waals surface area contributed by atoms with Crippen molar-refractivity contribution in [3.8, 4) is 22.8 Å². The van der Waals surface area contributed by atoms with Gasteiger partial charge in [-0.3, -0.25) is 0 Å². The highest BCUT2D eigenvalue weighted by Crippen LogP contribution is 2.26. The van der Waals surface area contributed by atoms with Gasteiger partial charge in [0, 0.05) is 16.8 Å². The van der Waals surface area contributed by atoms with Crippen molar-refractivity contribution in [1.82, 2.24) is 10.1 Å². The van der Waals surface area contributed by atoms with Crippen molar-refractivity contribution in [1.29, 1.82) is 0 Å². The summed E-state index contributed by atoms with van der Waals surface area (Å²) in [5, 5.41) is 4.01. The molecular weight excluding hydrogens is 250 g/mol. The quantitative estimate of drug-likeness (QED) is 0.719. The van der Waals surface area contributed by atoms with Crippen molar-refractivity contribution in [2.45, 2.75) is 13.8 Å². The molecule has 0 spiro atoms. The standard InChI is InChI=1S/C16H15N3O/c1-10-7-8-12(9-11(10)2)16-18-15(19-20-16)13-5-3-4-6-14(13)17/h3-9H,17H2,1-2H3. The van der Waals surface area contributed by atoms with Crippen molar-refractivity contribution in [2.24, 2.45) is 0 Å². The molecule has 4 nitrogen and oxygen atoms in total. The van der Waals surface area contributed by atoms with Gasteiger partial charge >= 0.3 is 0 Å². The maximum atomic E-state index is 5.92. The first kappa shape index (κ1) is 12.4. The molecule has 1 aromatic heterocycles. The molecule has 100 valence electrons. The maximum Gasteiger partial charge on any atom is 0.258 e. The summed E-state index contributed by atoms with van der Waals surface area (Å²) in [6, 6.07) is 13.5. The predicted octanol–water partition coefficient (Wildman–Crippen LogP) is 3.60. The van der Waals surface area contributed by atoms with E-state index in [1.165, 1.54) is 11.1 Å². The zero-order valence-electron chi connectivity index (χ0n) is 11.4. The molecule has 0 aliphatic carbocycles. The third-order valence-electron chi connectivity index (χ3n) is 3.38. The van der Waals surface area contributed by atoms with Crippen LogP contribution in [0.4, 0.5) is 5.69 Å². The minimum Gasteiger partial charge on any atom is -0.398 e. The van der Waals surface area contributed by atoms with E-state index in [0.717, 1.165) is 11.1 Å². The molecule has 3 rings (SSSR count). The SMILES string of the molecule is Cc1ccc(-c2nc(-c3ccccc3N)no2)cc1C. The minimum atomic E-state index is 0.506. The second kappa shape index (κ2) is 4.81. The Labute approximate surface area is 117 Å². The van der Waals surface area contributed by atoms with Crippen LogP contribution in [0.3, 0.4) is 0 Å². The molecule has 0 bridgehead atoms. The lowest BCUT2D eigenvalue weighted by Crippen LogP contribution is -1.90. The Balaban J connectivity index is 2.02. The topological polar surface area (TPSA) is 64.9 Å². The average Bonchev–Trinajstić information content (AvgIpc) is 2.92. The lowest BCUT2D eigenvalue weighted by atomic mass is 10.1. The molecule has 0 unspecified atom stereocenters. The Kier molecular flexibility index (Phi) is 2.99. The van der Waals surface area contributed by atoms with Gasteiger partial charge in [-0.25, -0.2) is 0 Å². The van der Waals surface area contributed by atoms with E-state index in [2.05, 4.69) is 24.0 Å². The molecule has 4 heteroatoms. The van der Waals surface area contributed by atoms with Gasteiger partial charge in [-0.2, -0.15) is 4.98 Å². The van der Waals surface area contributed by atoms with Gasteiger partial charge in [-0.05, 0) is 49.2 Å². The number of hydrogen-bond acceptors (Lipinski definition) is 4. The summed E-state index contributed by atoms with van der Waals surface area (Å²) >= 11 is 0. The summed E-state index contributed by atoms with van der Waals surface area (Å²) in [5.41, 5.74) is 10.7. The monoisotopic (exact) mass is 265 g/mol. The number of hydrogen-bond donors (Lipinski definition) is 1. The predicted molar refractivity (Wildman–Crippen MR) is 79.1 cm³/mol. The molecule has 0 saturated heterocycles. The first-order valence-electron chi connectivity index (χ1n) is 6.41. The van der Waals surface area contributed by atoms with Crippen LogP contribution >= 0.6 is 0 Å². The van der Waals surface area contributed by atoms with Crippen molar-refractivity contribution in [3.63, 3.8) is 0 Å². The molecule has 0 atom stereocenters. The fourth-order valence-corrected chi connectivity index (χ4v) is 2.03. The average molecular weight is 265 g/mol. The van der Waals surface area contributed by atoms with Crippen LogP contribution in [0.25, 0.3) is 22.8 Å². The number of nitrogens with zero attached hydrogens (tertiary/aromatic N) is 2. The van der Waals surface area contributed by atoms with E-state index < -0.39 is 0 Å². The fourth-order valence-electron chi connectivity index (χ4n) is 2.03. The summed E-state index contributed by atoms with van der Waals surface area (Å²) in [7, 11) is 0. The maximum absolute atomic E-state index is 5.92. The number of para-hydroxylation sites is 1. The molecule has 0 saturated carbocycles. The molecule has 3 aromatic rings. The third kappa shape index (κ3) is 2.16. The molecule has 0 aliphatic rings. The second-order valence-corrected chi connectivity index (χ2v) is 4.81. The highest BCUT2D eigenvalue weighted by atomic mass is 16.5. The van der Waals surface area contributed by atoms with Crippen molar-refractivity contribution in [2.75, 3.05) is 5.73 Å². The fraction of sp³-hybridized carbons (Fsp3) is 0.125. The first-order valence-corrected chi connectivity index (χ1v) is 6.41. The van der Waals surface area contributed by atoms with Gasteiger partial charge in [0.25, 0.3) is 5.89 Å². The summed E-state index contributed by atoms with van der Waals surface area (Å²) < 4.78 is 5.34. The van der Waals surface area contributed by atoms with E-state index in [-0.39, 0.29) is 0 Å². The number of anilines is 1. The Hall–Kier alpha value is -2.62. The number of benzene rings is 2. The van der Waals surface area contributed by atoms with Gasteiger partial charge in [0.15, 0.2) is 0 Å². The van der Waals surface area contributed by atoms with Crippen LogP contribution in [0.2, 0.25) is 0 Å². The van der Waals surface area contributed by atoms with Gasteiger partial charge in [0.05, 0.1) is 0 Å². The van der Waals surface area contributed by atoms with E-state index in [9.17, 15) is 0 Å². The number of nitrogens with two attached hydrogens (primary N) is 1. The molecule has 1 heterocycles. The summed E-state index contributed by atoms with van der Waals surface area (Å²) in [5.74, 6) is 1.02. The highest BCUT2D eigenvalue weighted by Gasteiger charge is 2.12. The summed E-state index contributed by atoms with van der Waals surface area (Å²) in [6.45, 7) is 4.13. The van der Waals surface area contributed by atoms with Crippen LogP contribution in [-0.4, -0.2) is 10.1 Å². The first-order chi connectivity index (χ1) is 9.65. The summed E-state index contributed by atoms with van der Waals surface area (Å²) in [4.78, 5) is 4.42. The van der Waals surface area contributed by atoms with E-state index in [4.69, 9.17) is 10.3 Å². The van der Waals surface area contributed by atoms with Crippen molar-refractivity contribution in [3.05, 3.63) is 53.6 Å². The zero-order chi connectivity index (χ0) is 14.1. The number of rotatable bonds is 2. The van der Waals surface area contributed by atoms with E-state index in [0.29, 0.717) is 17.4 Å². The van der Waals surface area contributed by atoms with Crippen LogP contribution in [0.1, 0.15) is 11.1 Å². The van der Waals surface area contributed by atoms with Gasteiger partial charge in [-0.15, -0.1) is 0 Å². The molecule has 2 aromatic carbocycles. The highest BCUT2D eigenvalue weighted by molar-refractivity contribution is 5.72. The van der Waals surface area contributed by atoms with Crippen LogP contribution < -0.4 is 5.73 Å². The number of aromatic nitrogens is 2. The normalized spacial score (nSPS) is 10.7. The van der Waals surface area contributed by atoms with Crippen molar-refractivity contribution >= 4 is 5.69 Å². The Morgan fingerprint density at radius 1 is 1.00 bits per heavy atom. The van der Waals surface area contributed by atoms with Crippen LogP contribution in [-0.2, 0) is 0 Å². The smallest absolute Gasteiger partial charge is 0.258 e. The minimum absolute atomic E-state index is 0.506. The third-order valence-corrected chi connectivity index (χ3v) is 3.38. The largest absolute Gasteiger partial charge is 0.398 e. The van der Waals surface area contributed by atoms with Crippen molar-refractivity contribution < 1.29 is 4.52 Å². The molecule has 2 N–H and O–H groups in total. The Morgan fingerprint density at radius 3 is 2.55 bits per heavy atom. The van der Waals surface area contributed by atoms with E-state index in [1.807, 2.05) is 42.5 Å². The number of aryl methyl sites for hydroxylation is 2. The Morgan fingerprint density at radius 2 is 1.80 bits per heavy atom. The van der Waals surface area contributed by atoms with Gasteiger partial charge in [0.2, 0.25) is 5.82 Å². The van der Waals surface area contributed by atoms with Gasteiger partial charge in [0.1, 0.15) is 0 Å². The molecule has 0 radical (unpaired) electrons.